The second-order valence-corrected chi connectivity index (χ2v) is 4.84. The molecule has 0 radical (unpaired) electrons. The fourth-order valence-corrected chi connectivity index (χ4v) is 2.61. The summed E-state index contributed by atoms with van der Waals surface area (Å²) in [5.74, 6) is 2.11. The second kappa shape index (κ2) is 4.85. The molecular formula is C14H12N2O2S. The molecule has 96 valence electrons. The minimum Gasteiger partial charge on any atom is -0.497 e. The van der Waals surface area contributed by atoms with E-state index in [1.807, 2.05) is 35.8 Å². The molecule has 0 aliphatic rings. The lowest BCUT2D eigenvalue weighted by atomic mass is 10.1. The lowest BCUT2D eigenvalue weighted by Gasteiger charge is -2.09. The van der Waals surface area contributed by atoms with Gasteiger partial charge < -0.3 is 9.47 Å². The summed E-state index contributed by atoms with van der Waals surface area (Å²) in [6.45, 7) is 0. The predicted octanol–water partition coefficient (Wildman–Crippen LogP) is 3.38. The highest BCUT2D eigenvalue weighted by molar-refractivity contribution is 7.16. The Bertz CT molecular complexity index is 724. The highest BCUT2D eigenvalue weighted by atomic mass is 32.1. The molecule has 3 rings (SSSR count). The summed E-state index contributed by atoms with van der Waals surface area (Å²) in [4.78, 5) is 9.92. The van der Waals surface area contributed by atoms with Gasteiger partial charge in [-0.25, -0.2) is 9.97 Å². The van der Waals surface area contributed by atoms with Crippen molar-refractivity contribution in [2.75, 3.05) is 14.2 Å². The number of benzene rings is 1. The van der Waals surface area contributed by atoms with Crippen LogP contribution < -0.4 is 9.47 Å². The van der Waals surface area contributed by atoms with E-state index in [0.29, 0.717) is 11.6 Å². The van der Waals surface area contributed by atoms with E-state index in [-0.39, 0.29) is 0 Å². The topological polar surface area (TPSA) is 44.2 Å². The number of rotatable bonds is 3. The number of methoxy groups -OCH3 is 2. The van der Waals surface area contributed by atoms with Crippen molar-refractivity contribution < 1.29 is 9.47 Å². The minimum absolute atomic E-state index is 0.662. The van der Waals surface area contributed by atoms with Crippen molar-refractivity contribution in [3.63, 3.8) is 0 Å². The molecule has 0 unspecified atom stereocenters. The van der Waals surface area contributed by atoms with Crippen molar-refractivity contribution in [2.24, 2.45) is 0 Å². The van der Waals surface area contributed by atoms with E-state index < -0.39 is 0 Å². The molecule has 0 spiro atoms. The fraction of sp³-hybridized carbons (Fsp3) is 0.143. The van der Waals surface area contributed by atoms with Gasteiger partial charge in [-0.05, 0) is 23.6 Å². The van der Waals surface area contributed by atoms with Crippen LogP contribution in [0.4, 0.5) is 0 Å². The minimum atomic E-state index is 0.662. The monoisotopic (exact) mass is 272 g/mol. The molecule has 0 bridgehead atoms. The average molecular weight is 272 g/mol. The Balaban J connectivity index is 2.14. The smallest absolute Gasteiger partial charge is 0.164 e. The van der Waals surface area contributed by atoms with Gasteiger partial charge in [-0.3, -0.25) is 0 Å². The van der Waals surface area contributed by atoms with Crippen LogP contribution in [0.1, 0.15) is 0 Å². The van der Waals surface area contributed by atoms with Gasteiger partial charge in [0, 0.05) is 17.6 Å². The van der Waals surface area contributed by atoms with Gasteiger partial charge in [0.1, 0.15) is 16.3 Å². The van der Waals surface area contributed by atoms with Crippen LogP contribution >= 0.6 is 11.3 Å². The summed E-state index contributed by atoms with van der Waals surface area (Å²) in [7, 11) is 3.25. The molecule has 0 saturated heterocycles. The van der Waals surface area contributed by atoms with Crippen molar-refractivity contribution in [2.45, 2.75) is 0 Å². The molecule has 2 heterocycles. The van der Waals surface area contributed by atoms with E-state index in [4.69, 9.17) is 9.47 Å². The van der Waals surface area contributed by atoms with Gasteiger partial charge in [0.2, 0.25) is 0 Å². The van der Waals surface area contributed by atoms with Crippen LogP contribution in [0.15, 0.2) is 35.8 Å². The van der Waals surface area contributed by atoms with Crippen molar-refractivity contribution >= 4 is 21.6 Å². The average Bonchev–Trinajstić information content (AvgIpc) is 2.93. The quantitative estimate of drug-likeness (QED) is 0.733. The first kappa shape index (κ1) is 11.9. The maximum Gasteiger partial charge on any atom is 0.164 e. The van der Waals surface area contributed by atoms with Crippen LogP contribution in [-0.4, -0.2) is 24.2 Å². The lowest BCUT2D eigenvalue weighted by Crippen LogP contribution is -1.93. The third-order valence-electron chi connectivity index (χ3n) is 2.86. The number of hydrogen-bond donors (Lipinski definition) is 0. The zero-order valence-electron chi connectivity index (χ0n) is 10.6. The SMILES string of the molecule is COc1ccc(-c2ncc3ccsc3n2)c(OC)c1. The van der Waals surface area contributed by atoms with Crippen molar-refractivity contribution in [3.8, 4) is 22.9 Å². The van der Waals surface area contributed by atoms with Crippen LogP contribution in [0, 0.1) is 0 Å². The number of ether oxygens (including phenoxy) is 2. The Labute approximate surface area is 114 Å². The second-order valence-electron chi connectivity index (χ2n) is 3.94. The van der Waals surface area contributed by atoms with Gasteiger partial charge in [0.05, 0.1) is 19.8 Å². The third-order valence-corrected chi connectivity index (χ3v) is 3.68. The standard InChI is InChI=1S/C14H12N2O2S/c1-17-10-3-4-11(12(7-10)18-2)13-15-8-9-5-6-19-14(9)16-13/h3-8H,1-2H3. The molecule has 4 nitrogen and oxygen atoms in total. The summed E-state index contributed by atoms with van der Waals surface area (Å²) in [5.41, 5.74) is 0.860. The van der Waals surface area contributed by atoms with Gasteiger partial charge >= 0.3 is 0 Å². The summed E-state index contributed by atoms with van der Waals surface area (Å²) >= 11 is 1.60. The number of hydrogen-bond acceptors (Lipinski definition) is 5. The normalized spacial score (nSPS) is 10.6. The van der Waals surface area contributed by atoms with E-state index >= 15 is 0 Å². The van der Waals surface area contributed by atoms with E-state index in [0.717, 1.165) is 21.5 Å². The van der Waals surface area contributed by atoms with Gasteiger partial charge in [0.25, 0.3) is 0 Å². The van der Waals surface area contributed by atoms with Crippen LogP contribution in [0.2, 0.25) is 0 Å². The predicted molar refractivity (Wildman–Crippen MR) is 76.0 cm³/mol. The van der Waals surface area contributed by atoms with Gasteiger partial charge in [-0.2, -0.15) is 0 Å². The van der Waals surface area contributed by atoms with E-state index in [2.05, 4.69) is 9.97 Å². The molecular weight excluding hydrogens is 260 g/mol. The van der Waals surface area contributed by atoms with Crippen molar-refractivity contribution in [1.82, 2.24) is 9.97 Å². The molecule has 0 aliphatic carbocycles. The Kier molecular flexibility index (Phi) is 3.05. The number of fused-ring (bicyclic) bond motifs is 1. The Morgan fingerprint density at radius 3 is 2.79 bits per heavy atom. The first-order valence-electron chi connectivity index (χ1n) is 5.74. The Morgan fingerprint density at radius 1 is 1.11 bits per heavy atom. The van der Waals surface area contributed by atoms with Gasteiger partial charge in [0.15, 0.2) is 5.82 Å². The van der Waals surface area contributed by atoms with Crippen LogP contribution in [0.5, 0.6) is 11.5 Å². The molecule has 0 aliphatic heterocycles. The van der Waals surface area contributed by atoms with E-state index in [1.54, 1.807) is 25.6 Å². The molecule has 0 N–H and O–H groups in total. The Morgan fingerprint density at radius 2 is 2.00 bits per heavy atom. The zero-order chi connectivity index (χ0) is 13.2. The number of nitrogens with zero attached hydrogens (tertiary/aromatic N) is 2. The molecule has 0 atom stereocenters. The van der Waals surface area contributed by atoms with E-state index in [1.165, 1.54) is 0 Å². The van der Waals surface area contributed by atoms with Gasteiger partial charge in [-0.1, -0.05) is 0 Å². The number of thiophene rings is 1. The highest BCUT2D eigenvalue weighted by Crippen LogP contribution is 2.32. The zero-order valence-corrected chi connectivity index (χ0v) is 11.4. The largest absolute Gasteiger partial charge is 0.497 e. The summed E-state index contributed by atoms with van der Waals surface area (Å²) in [6, 6.07) is 7.62. The van der Waals surface area contributed by atoms with Crippen molar-refractivity contribution in [3.05, 3.63) is 35.8 Å². The summed E-state index contributed by atoms with van der Waals surface area (Å²) in [5, 5.41) is 3.07. The third kappa shape index (κ3) is 2.13. The highest BCUT2D eigenvalue weighted by Gasteiger charge is 2.11. The maximum absolute atomic E-state index is 5.38. The first-order chi connectivity index (χ1) is 9.31. The summed E-state index contributed by atoms with van der Waals surface area (Å²) in [6.07, 6.45) is 1.83. The Hall–Kier alpha value is -2.14. The molecule has 1 aromatic carbocycles. The molecule has 0 saturated carbocycles. The molecule has 19 heavy (non-hydrogen) atoms. The maximum atomic E-state index is 5.38. The van der Waals surface area contributed by atoms with Crippen LogP contribution in [0.25, 0.3) is 21.6 Å². The molecule has 5 heteroatoms. The van der Waals surface area contributed by atoms with Crippen LogP contribution in [0.3, 0.4) is 0 Å². The molecule has 3 aromatic rings. The first-order valence-corrected chi connectivity index (χ1v) is 6.62. The number of aromatic nitrogens is 2. The molecule has 2 aromatic heterocycles. The van der Waals surface area contributed by atoms with Crippen molar-refractivity contribution in [1.29, 1.82) is 0 Å². The van der Waals surface area contributed by atoms with E-state index in [9.17, 15) is 0 Å². The molecule has 0 amide bonds. The summed E-state index contributed by atoms with van der Waals surface area (Å²) < 4.78 is 10.6. The lowest BCUT2D eigenvalue weighted by molar-refractivity contribution is 0.395. The fourth-order valence-electron chi connectivity index (χ4n) is 1.87. The van der Waals surface area contributed by atoms with Gasteiger partial charge in [-0.15, -0.1) is 11.3 Å². The van der Waals surface area contributed by atoms with Crippen LogP contribution in [-0.2, 0) is 0 Å². The molecule has 0 fully saturated rings.